The molecule has 0 saturated heterocycles. The van der Waals surface area contributed by atoms with Crippen molar-refractivity contribution in [3.63, 3.8) is 0 Å². The van der Waals surface area contributed by atoms with Gasteiger partial charge in [0.15, 0.2) is 5.82 Å². The van der Waals surface area contributed by atoms with Crippen molar-refractivity contribution in [3.8, 4) is 0 Å². The summed E-state index contributed by atoms with van der Waals surface area (Å²) < 4.78 is 12.8. The first-order chi connectivity index (χ1) is 5.74. The normalized spacial score (nSPS) is 9.50. The lowest BCUT2D eigenvalue weighted by molar-refractivity contribution is -0.113. The first-order valence-electron chi connectivity index (χ1n) is 3.19. The number of hydrogen-bond acceptors (Lipinski definition) is 2. The van der Waals surface area contributed by atoms with Gasteiger partial charge in [-0.2, -0.15) is 0 Å². The quantitative estimate of drug-likeness (QED) is 0.713. The van der Waals surface area contributed by atoms with E-state index in [2.05, 4.69) is 10.3 Å². The summed E-state index contributed by atoms with van der Waals surface area (Å²) in [6, 6.07) is 1.36. The molecule has 0 spiro atoms. The molecule has 0 aliphatic heterocycles. The summed E-state index contributed by atoms with van der Waals surface area (Å²) in [7, 11) is 0. The third kappa shape index (κ3) is 2.17. The van der Waals surface area contributed by atoms with Crippen molar-refractivity contribution in [3.05, 3.63) is 24.3 Å². The molecule has 0 unspecified atom stereocenters. The Morgan fingerprint density at radius 2 is 2.50 bits per heavy atom. The zero-order valence-electron chi connectivity index (χ0n) is 6.05. The van der Waals surface area contributed by atoms with Gasteiger partial charge in [0.1, 0.15) is 5.88 Å². The molecule has 0 aliphatic rings. The number of carbonyl (C=O) groups is 1. The van der Waals surface area contributed by atoms with Crippen LogP contribution in [0, 0.1) is 5.82 Å². The number of pyridine rings is 1. The van der Waals surface area contributed by atoms with E-state index in [0.29, 0.717) is 0 Å². The molecule has 0 fully saturated rings. The molecule has 64 valence electrons. The van der Waals surface area contributed by atoms with E-state index in [1.165, 1.54) is 12.3 Å². The molecule has 3 nitrogen and oxygen atoms in total. The standard InChI is InChI=1S/C7H6ClFN2O/c8-3-7(12)11-6-1-2-10-4-5(6)9/h1-2,4H,3H2,(H,10,11,12). The number of aromatic nitrogens is 1. The molecule has 0 saturated carbocycles. The second-order valence-electron chi connectivity index (χ2n) is 2.04. The van der Waals surface area contributed by atoms with Gasteiger partial charge < -0.3 is 5.32 Å². The summed E-state index contributed by atoms with van der Waals surface area (Å²) in [5, 5.41) is 2.27. The summed E-state index contributed by atoms with van der Waals surface area (Å²) in [5.74, 6) is -1.21. The largest absolute Gasteiger partial charge is 0.322 e. The minimum absolute atomic E-state index is 0.0932. The lowest BCUT2D eigenvalue weighted by atomic mass is 10.4. The maximum atomic E-state index is 12.8. The fourth-order valence-corrected chi connectivity index (χ4v) is 0.727. The summed E-state index contributed by atoms with van der Waals surface area (Å²) >= 11 is 5.20. The fraction of sp³-hybridized carbons (Fsp3) is 0.143. The van der Waals surface area contributed by atoms with E-state index in [1.807, 2.05) is 0 Å². The van der Waals surface area contributed by atoms with Crippen molar-refractivity contribution in [1.29, 1.82) is 0 Å². The molecule has 0 aliphatic carbocycles. The zero-order chi connectivity index (χ0) is 8.97. The highest BCUT2D eigenvalue weighted by Crippen LogP contribution is 2.10. The number of nitrogens with one attached hydrogen (secondary N) is 1. The van der Waals surface area contributed by atoms with Crippen LogP contribution < -0.4 is 5.32 Å². The Kier molecular flexibility index (Phi) is 2.99. The molecule has 0 bridgehead atoms. The molecule has 1 aromatic rings. The van der Waals surface area contributed by atoms with Crippen LogP contribution in [0.2, 0.25) is 0 Å². The Labute approximate surface area is 73.6 Å². The molecule has 1 aromatic heterocycles. The molecule has 0 radical (unpaired) electrons. The van der Waals surface area contributed by atoms with Crippen LogP contribution in [0.4, 0.5) is 10.1 Å². The van der Waals surface area contributed by atoms with Gasteiger partial charge in [-0.3, -0.25) is 9.78 Å². The molecule has 0 aromatic carbocycles. The summed E-state index contributed by atoms with van der Waals surface area (Å²) in [6.45, 7) is 0. The maximum absolute atomic E-state index is 12.8. The Morgan fingerprint density at radius 1 is 1.75 bits per heavy atom. The minimum Gasteiger partial charge on any atom is -0.322 e. The SMILES string of the molecule is O=C(CCl)Nc1ccncc1F. The number of amides is 1. The molecule has 1 N–H and O–H groups in total. The predicted octanol–water partition coefficient (Wildman–Crippen LogP) is 1.40. The van der Waals surface area contributed by atoms with Crippen LogP contribution in [-0.4, -0.2) is 16.8 Å². The molecular weight excluding hydrogens is 183 g/mol. The van der Waals surface area contributed by atoms with Gasteiger partial charge in [0, 0.05) is 6.20 Å². The van der Waals surface area contributed by atoms with Crippen molar-refractivity contribution < 1.29 is 9.18 Å². The first kappa shape index (κ1) is 8.93. The van der Waals surface area contributed by atoms with Crippen LogP contribution in [0.1, 0.15) is 0 Å². The summed E-state index contributed by atoms with van der Waals surface area (Å²) in [5.41, 5.74) is 0.0932. The topological polar surface area (TPSA) is 42.0 Å². The van der Waals surface area contributed by atoms with Gasteiger partial charge in [0.25, 0.3) is 0 Å². The van der Waals surface area contributed by atoms with Crippen LogP contribution in [0.25, 0.3) is 0 Å². The predicted molar refractivity (Wildman–Crippen MR) is 43.5 cm³/mol. The highest BCUT2D eigenvalue weighted by molar-refractivity contribution is 6.29. The molecule has 1 amide bonds. The van der Waals surface area contributed by atoms with Crippen molar-refractivity contribution in [1.82, 2.24) is 4.98 Å². The third-order valence-electron chi connectivity index (χ3n) is 1.17. The lowest BCUT2D eigenvalue weighted by Gasteiger charge is -2.02. The molecular formula is C7H6ClFN2O. The first-order valence-corrected chi connectivity index (χ1v) is 3.73. The second kappa shape index (κ2) is 4.01. The van der Waals surface area contributed by atoms with Gasteiger partial charge in [0.2, 0.25) is 5.91 Å². The van der Waals surface area contributed by atoms with Crippen LogP contribution in [0.5, 0.6) is 0 Å². The molecule has 0 atom stereocenters. The van der Waals surface area contributed by atoms with Crippen LogP contribution >= 0.6 is 11.6 Å². The Morgan fingerprint density at radius 3 is 3.08 bits per heavy atom. The second-order valence-corrected chi connectivity index (χ2v) is 2.30. The van der Waals surface area contributed by atoms with Crippen molar-refractivity contribution in [2.75, 3.05) is 11.2 Å². The van der Waals surface area contributed by atoms with Gasteiger partial charge in [-0.1, -0.05) is 0 Å². The van der Waals surface area contributed by atoms with Crippen LogP contribution in [0.15, 0.2) is 18.5 Å². The van der Waals surface area contributed by atoms with E-state index in [-0.39, 0.29) is 11.6 Å². The number of alkyl halides is 1. The van der Waals surface area contributed by atoms with Crippen molar-refractivity contribution in [2.45, 2.75) is 0 Å². The van der Waals surface area contributed by atoms with Crippen LogP contribution in [0.3, 0.4) is 0 Å². The van der Waals surface area contributed by atoms with E-state index in [9.17, 15) is 9.18 Å². The summed E-state index contributed by atoms with van der Waals surface area (Å²) in [4.78, 5) is 14.2. The number of anilines is 1. The maximum Gasteiger partial charge on any atom is 0.239 e. The van der Waals surface area contributed by atoms with E-state index in [1.54, 1.807) is 0 Å². The van der Waals surface area contributed by atoms with Crippen molar-refractivity contribution >= 4 is 23.2 Å². The van der Waals surface area contributed by atoms with Gasteiger partial charge in [-0.15, -0.1) is 11.6 Å². The van der Waals surface area contributed by atoms with Gasteiger partial charge >= 0.3 is 0 Å². The molecule has 5 heteroatoms. The number of rotatable bonds is 2. The van der Waals surface area contributed by atoms with Gasteiger partial charge in [-0.25, -0.2) is 4.39 Å². The summed E-state index contributed by atoms with van der Waals surface area (Å²) in [6.07, 6.45) is 2.40. The smallest absolute Gasteiger partial charge is 0.239 e. The Hall–Kier alpha value is -1.16. The Bertz CT molecular complexity index is 292. The van der Waals surface area contributed by atoms with E-state index in [0.717, 1.165) is 6.20 Å². The Balaban J connectivity index is 2.75. The van der Waals surface area contributed by atoms with Crippen LogP contribution in [-0.2, 0) is 4.79 Å². The number of halogens is 2. The van der Waals surface area contributed by atoms with E-state index in [4.69, 9.17) is 11.6 Å². The average molecular weight is 189 g/mol. The van der Waals surface area contributed by atoms with E-state index >= 15 is 0 Å². The zero-order valence-corrected chi connectivity index (χ0v) is 6.81. The number of hydrogen-bond donors (Lipinski definition) is 1. The van der Waals surface area contributed by atoms with Gasteiger partial charge in [-0.05, 0) is 6.07 Å². The van der Waals surface area contributed by atoms with E-state index < -0.39 is 11.7 Å². The highest BCUT2D eigenvalue weighted by atomic mass is 35.5. The fourth-order valence-electron chi connectivity index (χ4n) is 0.660. The van der Waals surface area contributed by atoms with Gasteiger partial charge in [0.05, 0.1) is 11.9 Å². The number of carbonyl (C=O) groups excluding carboxylic acids is 1. The molecule has 1 rings (SSSR count). The number of nitrogens with zero attached hydrogens (tertiary/aromatic N) is 1. The van der Waals surface area contributed by atoms with Crippen molar-refractivity contribution in [2.24, 2.45) is 0 Å². The average Bonchev–Trinajstić information content (AvgIpc) is 2.09. The molecule has 1 heterocycles. The monoisotopic (exact) mass is 188 g/mol. The lowest BCUT2D eigenvalue weighted by Crippen LogP contribution is -2.13. The third-order valence-corrected chi connectivity index (χ3v) is 1.41. The highest BCUT2D eigenvalue weighted by Gasteiger charge is 2.03. The minimum atomic E-state index is -0.573. The molecule has 12 heavy (non-hydrogen) atoms.